The monoisotopic (exact) mass is 345 g/mol. The number of carbonyl (C=O) groups is 1. The van der Waals surface area contributed by atoms with Crippen LogP contribution in [0.1, 0.15) is 5.69 Å². The summed E-state index contributed by atoms with van der Waals surface area (Å²) >= 11 is 7.20. The number of aromatic nitrogens is 3. The minimum Gasteiger partial charge on any atom is -0.324 e. The molecule has 0 aliphatic rings. The average Bonchev–Trinajstić information content (AvgIpc) is 2.97. The lowest BCUT2D eigenvalue weighted by molar-refractivity contribution is -0.115. The molecule has 8 heteroatoms. The molecule has 2 N–H and O–H groups in total. The maximum atomic E-state index is 12.0. The normalized spacial score (nSPS) is 10.3. The molecule has 0 radical (unpaired) electrons. The molecule has 0 aliphatic carbocycles. The summed E-state index contributed by atoms with van der Waals surface area (Å²) in [4.78, 5) is 24.4. The number of rotatable bonds is 5. The SMILES string of the molecule is O=C(Cc1csc(Nc2ccc(Cl)cn2)n1)Nc1cccnc1. The van der Waals surface area contributed by atoms with Crippen molar-refractivity contribution < 1.29 is 4.79 Å². The fourth-order valence-corrected chi connectivity index (χ4v) is 2.64. The van der Waals surface area contributed by atoms with Gasteiger partial charge < -0.3 is 10.6 Å². The maximum Gasteiger partial charge on any atom is 0.230 e. The first-order chi connectivity index (χ1) is 11.2. The highest BCUT2D eigenvalue weighted by Crippen LogP contribution is 2.21. The molecule has 0 fully saturated rings. The van der Waals surface area contributed by atoms with Gasteiger partial charge in [-0.1, -0.05) is 11.6 Å². The molecular formula is C15H12ClN5OS. The lowest BCUT2D eigenvalue weighted by atomic mass is 10.3. The van der Waals surface area contributed by atoms with Gasteiger partial charge in [-0.3, -0.25) is 9.78 Å². The van der Waals surface area contributed by atoms with Crippen LogP contribution >= 0.6 is 22.9 Å². The summed E-state index contributed by atoms with van der Waals surface area (Å²) in [6.07, 6.45) is 5.00. The van der Waals surface area contributed by atoms with Crippen LogP contribution in [0.5, 0.6) is 0 Å². The molecule has 6 nitrogen and oxygen atoms in total. The molecule has 0 saturated carbocycles. The molecule has 0 unspecified atom stereocenters. The zero-order valence-corrected chi connectivity index (χ0v) is 13.4. The van der Waals surface area contributed by atoms with E-state index < -0.39 is 0 Å². The van der Waals surface area contributed by atoms with E-state index >= 15 is 0 Å². The van der Waals surface area contributed by atoms with Crippen molar-refractivity contribution in [2.24, 2.45) is 0 Å². The third kappa shape index (κ3) is 4.48. The third-order valence-corrected chi connectivity index (χ3v) is 3.83. The van der Waals surface area contributed by atoms with E-state index in [1.54, 1.807) is 42.9 Å². The van der Waals surface area contributed by atoms with E-state index in [1.807, 2.05) is 5.38 Å². The van der Waals surface area contributed by atoms with Gasteiger partial charge in [0.05, 0.1) is 29.0 Å². The molecule has 0 aromatic carbocycles. The number of hydrogen-bond acceptors (Lipinski definition) is 6. The highest BCUT2D eigenvalue weighted by molar-refractivity contribution is 7.13. The van der Waals surface area contributed by atoms with Gasteiger partial charge in [0.15, 0.2) is 5.13 Å². The first kappa shape index (κ1) is 15.4. The Morgan fingerprint density at radius 1 is 1.26 bits per heavy atom. The minimum atomic E-state index is -0.139. The van der Waals surface area contributed by atoms with E-state index in [-0.39, 0.29) is 12.3 Å². The molecule has 0 spiro atoms. The number of pyridine rings is 2. The predicted octanol–water partition coefficient (Wildman–Crippen LogP) is 3.51. The Morgan fingerprint density at radius 3 is 2.91 bits per heavy atom. The van der Waals surface area contributed by atoms with Crippen LogP contribution in [0.15, 0.2) is 48.2 Å². The van der Waals surface area contributed by atoms with Crippen molar-refractivity contribution in [3.8, 4) is 0 Å². The lowest BCUT2D eigenvalue weighted by Gasteiger charge is -2.03. The molecular weight excluding hydrogens is 334 g/mol. The smallest absolute Gasteiger partial charge is 0.230 e. The van der Waals surface area contributed by atoms with E-state index in [4.69, 9.17) is 11.6 Å². The van der Waals surface area contributed by atoms with Gasteiger partial charge in [-0.15, -0.1) is 11.3 Å². The number of amides is 1. The van der Waals surface area contributed by atoms with Crippen LogP contribution in [0.25, 0.3) is 0 Å². The lowest BCUT2D eigenvalue weighted by Crippen LogP contribution is -2.14. The number of halogens is 1. The molecule has 1 amide bonds. The second kappa shape index (κ2) is 7.17. The van der Waals surface area contributed by atoms with Crippen LogP contribution < -0.4 is 10.6 Å². The minimum absolute atomic E-state index is 0.139. The Bertz CT molecular complexity index is 791. The number of anilines is 3. The topological polar surface area (TPSA) is 79.8 Å². The summed E-state index contributed by atoms with van der Waals surface area (Å²) in [6, 6.07) is 7.05. The largest absolute Gasteiger partial charge is 0.324 e. The molecule has 0 atom stereocenters. The van der Waals surface area contributed by atoms with E-state index in [1.165, 1.54) is 11.3 Å². The molecule has 0 saturated heterocycles. The number of thiazole rings is 1. The molecule has 0 aliphatic heterocycles. The molecule has 116 valence electrons. The van der Waals surface area contributed by atoms with Gasteiger partial charge in [-0.2, -0.15) is 0 Å². The van der Waals surface area contributed by atoms with Gasteiger partial charge in [-0.25, -0.2) is 9.97 Å². The molecule has 3 aromatic heterocycles. The van der Waals surface area contributed by atoms with Gasteiger partial charge in [0.1, 0.15) is 5.82 Å². The van der Waals surface area contributed by atoms with Gasteiger partial charge in [0.25, 0.3) is 0 Å². The van der Waals surface area contributed by atoms with Crippen molar-refractivity contribution in [1.82, 2.24) is 15.0 Å². The highest BCUT2D eigenvalue weighted by atomic mass is 35.5. The Labute approximate surface area is 141 Å². The van der Waals surface area contributed by atoms with Crippen LogP contribution in [-0.2, 0) is 11.2 Å². The van der Waals surface area contributed by atoms with E-state index in [2.05, 4.69) is 25.6 Å². The zero-order valence-electron chi connectivity index (χ0n) is 11.9. The molecule has 23 heavy (non-hydrogen) atoms. The van der Waals surface area contributed by atoms with E-state index in [9.17, 15) is 4.79 Å². The predicted molar refractivity (Wildman–Crippen MR) is 91.2 cm³/mol. The second-order valence-electron chi connectivity index (χ2n) is 4.60. The van der Waals surface area contributed by atoms with Crippen molar-refractivity contribution in [2.45, 2.75) is 6.42 Å². The van der Waals surface area contributed by atoms with E-state index in [0.29, 0.717) is 27.4 Å². The number of carbonyl (C=O) groups excluding carboxylic acids is 1. The van der Waals surface area contributed by atoms with Crippen molar-refractivity contribution in [1.29, 1.82) is 0 Å². The summed E-state index contributed by atoms with van der Waals surface area (Å²) < 4.78 is 0. The quantitative estimate of drug-likeness (QED) is 0.739. The van der Waals surface area contributed by atoms with Gasteiger partial charge in [-0.05, 0) is 24.3 Å². The zero-order chi connectivity index (χ0) is 16.1. The standard InChI is InChI=1S/C15H12ClN5OS/c16-10-3-4-13(18-7-10)21-15-20-12(9-23-15)6-14(22)19-11-2-1-5-17-8-11/h1-5,7-9H,6H2,(H,19,22)(H,18,20,21). The Kier molecular flexibility index (Phi) is 4.80. The summed E-state index contributed by atoms with van der Waals surface area (Å²) in [6.45, 7) is 0. The average molecular weight is 346 g/mol. The van der Waals surface area contributed by atoms with Crippen molar-refractivity contribution >= 4 is 45.5 Å². The summed E-state index contributed by atoms with van der Waals surface area (Å²) in [5, 5.41) is 8.92. The maximum absolute atomic E-state index is 12.0. The van der Waals surface area contributed by atoms with Crippen LogP contribution in [-0.4, -0.2) is 20.9 Å². The Balaban J connectivity index is 1.58. The van der Waals surface area contributed by atoms with Crippen LogP contribution in [0.4, 0.5) is 16.6 Å². The first-order valence-electron chi connectivity index (χ1n) is 6.72. The van der Waals surface area contributed by atoms with Crippen molar-refractivity contribution in [3.63, 3.8) is 0 Å². The number of nitrogens with zero attached hydrogens (tertiary/aromatic N) is 3. The summed E-state index contributed by atoms with van der Waals surface area (Å²) in [7, 11) is 0. The van der Waals surface area contributed by atoms with Crippen LogP contribution in [0.3, 0.4) is 0 Å². The van der Waals surface area contributed by atoms with Crippen LogP contribution in [0, 0.1) is 0 Å². The van der Waals surface area contributed by atoms with Crippen molar-refractivity contribution in [2.75, 3.05) is 10.6 Å². The second-order valence-corrected chi connectivity index (χ2v) is 5.89. The third-order valence-electron chi connectivity index (χ3n) is 2.80. The fourth-order valence-electron chi connectivity index (χ4n) is 1.81. The first-order valence-corrected chi connectivity index (χ1v) is 7.98. The summed E-state index contributed by atoms with van der Waals surface area (Å²) in [5.74, 6) is 0.509. The fraction of sp³-hybridized carbons (Fsp3) is 0.0667. The Hall–Kier alpha value is -2.51. The van der Waals surface area contributed by atoms with Crippen molar-refractivity contribution in [3.05, 3.63) is 59.0 Å². The van der Waals surface area contributed by atoms with Gasteiger partial charge in [0, 0.05) is 17.8 Å². The van der Waals surface area contributed by atoms with Gasteiger partial charge >= 0.3 is 0 Å². The molecule has 0 bridgehead atoms. The molecule has 3 aromatic rings. The van der Waals surface area contributed by atoms with E-state index in [0.717, 1.165) is 0 Å². The van der Waals surface area contributed by atoms with Crippen LogP contribution in [0.2, 0.25) is 5.02 Å². The van der Waals surface area contributed by atoms with Gasteiger partial charge in [0.2, 0.25) is 5.91 Å². The number of nitrogens with one attached hydrogen (secondary N) is 2. The highest BCUT2D eigenvalue weighted by Gasteiger charge is 2.09. The Morgan fingerprint density at radius 2 is 2.17 bits per heavy atom. The number of hydrogen-bond donors (Lipinski definition) is 2. The molecule has 3 heterocycles. The molecule has 3 rings (SSSR count). The summed E-state index contributed by atoms with van der Waals surface area (Å²) in [5.41, 5.74) is 1.35.